The molecule has 2 nitrogen and oxygen atoms in total. The summed E-state index contributed by atoms with van der Waals surface area (Å²) in [6.45, 7) is 0. The molecule has 0 saturated carbocycles. The van der Waals surface area contributed by atoms with E-state index in [9.17, 15) is 13.2 Å². The Kier molecular flexibility index (Phi) is 2.91. The van der Waals surface area contributed by atoms with E-state index in [4.69, 9.17) is 4.74 Å². The average molecular weight is 388 g/mol. The minimum atomic E-state index is -4.69. The second-order valence-corrected chi connectivity index (χ2v) is 6.29. The monoisotopic (exact) mass is 386 g/mol. The summed E-state index contributed by atoms with van der Waals surface area (Å²) >= 11 is 6.92. The molecule has 0 radical (unpaired) electrons. The summed E-state index contributed by atoms with van der Waals surface area (Å²) in [4.78, 5) is -0.0101. The third-order valence-corrected chi connectivity index (χ3v) is 5.90. The highest BCUT2D eigenvalue weighted by Crippen LogP contribution is 2.58. The van der Waals surface area contributed by atoms with Crippen LogP contribution in [0.15, 0.2) is 18.2 Å². The number of rotatable bonds is 1. The summed E-state index contributed by atoms with van der Waals surface area (Å²) in [5.41, 5.74) is 1.26. The minimum Gasteiger partial charge on any atom is -0.405 e. The van der Waals surface area contributed by atoms with Gasteiger partial charge < -0.3 is 9.47 Å². The summed E-state index contributed by atoms with van der Waals surface area (Å²) in [6.07, 6.45) is -5.33. The lowest BCUT2D eigenvalue weighted by Gasteiger charge is -2.23. The maximum absolute atomic E-state index is 12.3. The molecule has 0 aromatic heterocycles. The normalized spacial score (nSPS) is 33.6. The molecule has 1 aromatic carbocycles. The fraction of sp³-hybridized carbons (Fsp3) is 0.455. The average Bonchev–Trinajstić information content (AvgIpc) is 2.76. The number of hydrogen-bond acceptors (Lipinski definition) is 2. The van der Waals surface area contributed by atoms with Crippen LogP contribution >= 0.6 is 31.9 Å². The SMILES string of the molecule is FC(F)(F)Oc1cccc2c1[C@H]1O[C@@H]2[C@H](Br)[C@@H]1Br. The second-order valence-electron chi connectivity index (χ2n) is 4.17. The molecule has 0 aliphatic carbocycles. The number of halogens is 5. The van der Waals surface area contributed by atoms with Crippen molar-refractivity contribution < 1.29 is 22.6 Å². The van der Waals surface area contributed by atoms with Gasteiger partial charge in [0.1, 0.15) is 11.9 Å². The minimum absolute atomic E-state index is 0.0520. The third-order valence-electron chi connectivity index (χ3n) is 3.09. The molecular weight excluding hydrogens is 381 g/mol. The Labute approximate surface area is 118 Å². The van der Waals surface area contributed by atoms with Gasteiger partial charge in [-0.1, -0.05) is 44.0 Å². The van der Waals surface area contributed by atoms with Crippen LogP contribution in [-0.2, 0) is 4.74 Å². The van der Waals surface area contributed by atoms with Gasteiger partial charge in [-0.3, -0.25) is 0 Å². The molecule has 7 heteroatoms. The van der Waals surface area contributed by atoms with Gasteiger partial charge in [0.05, 0.1) is 15.8 Å². The standard InChI is InChI=1S/C11H7Br2F3O2/c12-7-8(13)10-6-4(9(7)17-10)2-1-3-5(6)18-11(14,15)16/h1-3,7-10H/t7-,8+,9+,10-/m1/s1. The predicted octanol–water partition coefficient (Wildman–Crippen LogP) is 4.24. The van der Waals surface area contributed by atoms with Crippen molar-refractivity contribution in [1.82, 2.24) is 0 Å². The number of alkyl halides is 5. The highest BCUT2D eigenvalue weighted by Gasteiger charge is 2.52. The van der Waals surface area contributed by atoms with Gasteiger partial charge in [0.2, 0.25) is 0 Å². The molecule has 98 valence electrons. The summed E-state index contributed by atoms with van der Waals surface area (Å²) in [5, 5.41) is 0. The third kappa shape index (κ3) is 1.87. The van der Waals surface area contributed by atoms with E-state index in [1.165, 1.54) is 6.07 Å². The van der Waals surface area contributed by atoms with Crippen molar-refractivity contribution in [2.75, 3.05) is 0 Å². The molecule has 0 N–H and O–H groups in total. The van der Waals surface area contributed by atoms with Gasteiger partial charge in [-0.05, 0) is 11.6 Å². The van der Waals surface area contributed by atoms with Gasteiger partial charge in [-0.2, -0.15) is 0 Å². The first-order valence-corrected chi connectivity index (χ1v) is 7.04. The molecular formula is C11H7Br2F3O2. The Morgan fingerprint density at radius 3 is 2.44 bits per heavy atom. The number of hydrogen-bond donors (Lipinski definition) is 0. The van der Waals surface area contributed by atoms with Crippen LogP contribution in [0.25, 0.3) is 0 Å². The van der Waals surface area contributed by atoms with Crippen LogP contribution in [0.4, 0.5) is 13.2 Å². The van der Waals surface area contributed by atoms with Crippen molar-refractivity contribution >= 4 is 31.9 Å². The number of benzene rings is 1. The molecule has 2 aliphatic rings. The van der Waals surface area contributed by atoms with Crippen LogP contribution in [-0.4, -0.2) is 16.0 Å². The Morgan fingerprint density at radius 2 is 1.78 bits per heavy atom. The van der Waals surface area contributed by atoms with Gasteiger partial charge in [0.25, 0.3) is 0 Å². The smallest absolute Gasteiger partial charge is 0.405 e. The summed E-state index contributed by atoms with van der Waals surface area (Å²) in [7, 11) is 0. The van der Waals surface area contributed by atoms with Crippen LogP contribution in [0.2, 0.25) is 0 Å². The lowest BCUT2D eigenvalue weighted by atomic mass is 9.91. The summed E-state index contributed by atoms with van der Waals surface area (Å²) in [5.74, 6) is -0.170. The molecule has 1 saturated heterocycles. The molecule has 18 heavy (non-hydrogen) atoms. The molecule has 2 heterocycles. The van der Waals surface area contributed by atoms with Crippen molar-refractivity contribution in [1.29, 1.82) is 0 Å². The molecule has 2 aliphatic heterocycles. The maximum Gasteiger partial charge on any atom is 0.573 e. The molecule has 2 bridgehead atoms. The van der Waals surface area contributed by atoms with E-state index in [1.54, 1.807) is 12.1 Å². The van der Waals surface area contributed by atoms with Gasteiger partial charge in [0.15, 0.2) is 0 Å². The van der Waals surface area contributed by atoms with E-state index in [0.29, 0.717) is 5.56 Å². The Hall–Kier alpha value is -0.270. The van der Waals surface area contributed by atoms with Crippen LogP contribution in [0.5, 0.6) is 5.75 Å². The largest absolute Gasteiger partial charge is 0.573 e. The Bertz CT molecular complexity index is 492. The van der Waals surface area contributed by atoms with E-state index >= 15 is 0 Å². The Morgan fingerprint density at radius 1 is 1.11 bits per heavy atom. The van der Waals surface area contributed by atoms with Gasteiger partial charge in [-0.25, -0.2) is 0 Å². The number of fused-ring (bicyclic) bond motifs is 5. The second kappa shape index (κ2) is 4.11. The van der Waals surface area contributed by atoms with E-state index in [2.05, 4.69) is 36.6 Å². The maximum atomic E-state index is 12.3. The molecule has 1 aromatic rings. The molecule has 3 rings (SSSR count). The molecule has 0 spiro atoms. The van der Waals surface area contributed by atoms with E-state index in [-0.39, 0.29) is 21.5 Å². The van der Waals surface area contributed by atoms with E-state index in [0.717, 1.165) is 5.56 Å². The molecule has 0 unspecified atom stereocenters. The lowest BCUT2D eigenvalue weighted by Crippen LogP contribution is -2.24. The van der Waals surface area contributed by atoms with Crippen LogP contribution < -0.4 is 4.74 Å². The van der Waals surface area contributed by atoms with Gasteiger partial charge in [0, 0.05) is 5.56 Å². The fourth-order valence-corrected chi connectivity index (χ4v) is 3.79. The van der Waals surface area contributed by atoms with E-state index < -0.39 is 12.5 Å². The van der Waals surface area contributed by atoms with Gasteiger partial charge in [-0.15, -0.1) is 13.2 Å². The number of ether oxygens (including phenoxy) is 2. The van der Waals surface area contributed by atoms with Gasteiger partial charge >= 0.3 is 6.36 Å². The fourth-order valence-electron chi connectivity index (χ4n) is 2.44. The quantitative estimate of drug-likeness (QED) is 0.671. The zero-order valence-corrected chi connectivity index (χ0v) is 11.9. The van der Waals surface area contributed by atoms with Crippen molar-refractivity contribution in [3.05, 3.63) is 29.3 Å². The first-order chi connectivity index (χ1) is 8.38. The zero-order valence-electron chi connectivity index (χ0n) is 8.75. The van der Waals surface area contributed by atoms with Crippen molar-refractivity contribution in [3.63, 3.8) is 0 Å². The van der Waals surface area contributed by atoms with Crippen molar-refractivity contribution in [2.24, 2.45) is 0 Å². The first-order valence-electron chi connectivity index (χ1n) is 5.20. The van der Waals surface area contributed by atoms with Crippen LogP contribution in [0, 0.1) is 0 Å². The first kappa shape index (κ1) is 12.7. The predicted molar refractivity (Wildman–Crippen MR) is 65.1 cm³/mol. The lowest BCUT2D eigenvalue weighted by molar-refractivity contribution is -0.275. The van der Waals surface area contributed by atoms with Crippen molar-refractivity contribution in [3.8, 4) is 5.75 Å². The highest BCUT2D eigenvalue weighted by atomic mass is 79.9. The van der Waals surface area contributed by atoms with Crippen LogP contribution in [0.3, 0.4) is 0 Å². The van der Waals surface area contributed by atoms with Crippen molar-refractivity contribution in [2.45, 2.75) is 28.2 Å². The zero-order chi connectivity index (χ0) is 13.1. The Balaban J connectivity index is 2.05. The molecule has 4 atom stereocenters. The molecule has 0 amide bonds. The molecule has 1 fully saturated rings. The summed E-state index contributed by atoms with van der Waals surface area (Å²) < 4.78 is 46.8. The van der Waals surface area contributed by atoms with Crippen LogP contribution in [0.1, 0.15) is 23.3 Å². The topological polar surface area (TPSA) is 18.5 Å². The summed E-state index contributed by atoms with van der Waals surface area (Å²) in [6, 6.07) is 4.64. The van der Waals surface area contributed by atoms with E-state index in [1.807, 2.05) is 0 Å². The highest BCUT2D eigenvalue weighted by molar-refractivity contribution is 9.12.